The van der Waals surface area contributed by atoms with Crippen molar-refractivity contribution in [1.82, 2.24) is 4.90 Å². The zero-order valence-electron chi connectivity index (χ0n) is 12.0. The maximum Gasteiger partial charge on any atom is 0.0586 e. The Morgan fingerprint density at radius 3 is 2.32 bits per heavy atom. The lowest BCUT2D eigenvalue weighted by Gasteiger charge is -2.35. The van der Waals surface area contributed by atoms with Crippen molar-refractivity contribution in [2.75, 3.05) is 14.1 Å². The monoisotopic (exact) mass is 283 g/mol. The lowest BCUT2D eigenvalue weighted by Crippen LogP contribution is -2.34. The highest BCUT2D eigenvalue weighted by atomic mass is 35.5. The van der Waals surface area contributed by atoms with Crippen molar-refractivity contribution < 1.29 is 5.11 Å². The van der Waals surface area contributed by atoms with Gasteiger partial charge >= 0.3 is 0 Å². The maximum atomic E-state index is 10.4. The molecule has 1 unspecified atom stereocenters. The Balaban J connectivity index is 0.00000180. The molecule has 1 aromatic carbocycles. The average molecular weight is 284 g/mol. The number of rotatable bonds is 3. The largest absolute Gasteiger partial charge is 0.393 e. The van der Waals surface area contributed by atoms with Crippen LogP contribution in [-0.4, -0.2) is 30.2 Å². The summed E-state index contributed by atoms with van der Waals surface area (Å²) in [6.45, 7) is 0. The molecule has 0 aromatic heterocycles. The third-order valence-corrected chi connectivity index (χ3v) is 4.13. The minimum Gasteiger partial charge on any atom is -0.393 e. The first-order chi connectivity index (χ1) is 8.70. The summed E-state index contributed by atoms with van der Waals surface area (Å²) in [6, 6.07) is 10.9. The number of nitrogens with zero attached hydrogens (tertiary/aromatic N) is 1. The van der Waals surface area contributed by atoms with E-state index in [0.717, 1.165) is 12.8 Å². The smallest absolute Gasteiger partial charge is 0.0586 e. The third-order valence-electron chi connectivity index (χ3n) is 4.13. The van der Waals surface area contributed by atoms with Crippen molar-refractivity contribution in [1.29, 1.82) is 0 Å². The number of hydrogen-bond donors (Lipinski definition) is 1. The first-order valence-corrected chi connectivity index (χ1v) is 7.09. The molecule has 1 aromatic rings. The van der Waals surface area contributed by atoms with Gasteiger partial charge in [0.1, 0.15) is 0 Å². The van der Waals surface area contributed by atoms with Crippen molar-refractivity contribution in [2.45, 2.75) is 44.2 Å². The molecule has 108 valence electrons. The molecule has 1 fully saturated rings. The van der Waals surface area contributed by atoms with Crippen molar-refractivity contribution in [3.05, 3.63) is 35.9 Å². The SMILES string of the molecule is CN(C)C(c1ccccc1)[C@@H]1CCCCC[C@@H]1O.Cl. The van der Waals surface area contributed by atoms with Crippen molar-refractivity contribution in [3.8, 4) is 0 Å². The standard InChI is InChI=1S/C16H25NO.ClH/c1-17(2)16(13-9-5-3-6-10-13)14-11-7-4-8-12-15(14)18;/h3,5-6,9-10,14-16,18H,4,7-8,11-12H2,1-2H3;1H/t14-,15+,16?;/m1./s1. The predicted molar refractivity (Wildman–Crippen MR) is 82.7 cm³/mol. The second kappa shape index (κ2) is 7.88. The van der Waals surface area contributed by atoms with E-state index >= 15 is 0 Å². The van der Waals surface area contributed by atoms with Gasteiger partial charge in [0, 0.05) is 12.0 Å². The minimum absolute atomic E-state index is 0. The van der Waals surface area contributed by atoms with Gasteiger partial charge in [-0.1, -0.05) is 49.6 Å². The molecule has 2 rings (SSSR count). The zero-order valence-corrected chi connectivity index (χ0v) is 12.8. The van der Waals surface area contributed by atoms with E-state index in [1.54, 1.807) is 0 Å². The van der Waals surface area contributed by atoms with Gasteiger partial charge in [-0.05, 0) is 32.5 Å². The molecule has 0 radical (unpaired) electrons. The summed E-state index contributed by atoms with van der Waals surface area (Å²) in [5, 5.41) is 10.4. The summed E-state index contributed by atoms with van der Waals surface area (Å²) in [5.41, 5.74) is 1.33. The Morgan fingerprint density at radius 1 is 1.05 bits per heavy atom. The van der Waals surface area contributed by atoms with Gasteiger partial charge in [0.2, 0.25) is 0 Å². The molecule has 0 bridgehead atoms. The highest BCUT2D eigenvalue weighted by Gasteiger charge is 2.31. The van der Waals surface area contributed by atoms with Gasteiger partial charge < -0.3 is 10.0 Å². The van der Waals surface area contributed by atoms with E-state index < -0.39 is 0 Å². The number of aliphatic hydroxyl groups excluding tert-OH is 1. The van der Waals surface area contributed by atoms with Crippen LogP contribution in [0.4, 0.5) is 0 Å². The lowest BCUT2D eigenvalue weighted by molar-refractivity contribution is 0.0481. The first-order valence-electron chi connectivity index (χ1n) is 7.09. The Morgan fingerprint density at radius 2 is 1.68 bits per heavy atom. The van der Waals surface area contributed by atoms with Crippen LogP contribution in [0.1, 0.15) is 43.7 Å². The fraction of sp³-hybridized carbons (Fsp3) is 0.625. The predicted octanol–water partition coefficient (Wildman–Crippen LogP) is 3.65. The molecule has 2 nitrogen and oxygen atoms in total. The quantitative estimate of drug-likeness (QED) is 0.856. The van der Waals surface area contributed by atoms with Crippen LogP contribution in [0, 0.1) is 5.92 Å². The molecule has 1 aliphatic rings. The molecule has 0 amide bonds. The van der Waals surface area contributed by atoms with Crippen LogP contribution in [0.25, 0.3) is 0 Å². The van der Waals surface area contributed by atoms with E-state index in [-0.39, 0.29) is 18.5 Å². The Hall–Kier alpha value is -0.570. The second-order valence-corrected chi connectivity index (χ2v) is 5.69. The van der Waals surface area contributed by atoms with Crippen molar-refractivity contribution in [3.63, 3.8) is 0 Å². The van der Waals surface area contributed by atoms with Gasteiger partial charge in [0.15, 0.2) is 0 Å². The molecule has 19 heavy (non-hydrogen) atoms. The molecule has 3 atom stereocenters. The molecule has 0 heterocycles. The number of halogens is 1. The summed E-state index contributed by atoms with van der Waals surface area (Å²) in [4.78, 5) is 2.26. The Labute approximate surface area is 123 Å². The van der Waals surface area contributed by atoms with E-state index in [9.17, 15) is 5.11 Å². The fourth-order valence-corrected chi connectivity index (χ4v) is 3.26. The van der Waals surface area contributed by atoms with E-state index in [1.807, 2.05) is 0 Å². The van der Waals surface area contributed by atoms with Gasteiger partial charge in [0.05, 0.1) is 6.10 Å². The van der Waals surface area contributed by atoms with Crippen LogP contribution in [-0.2, 0) is 0 Å². The van der Waals surface area contributed by atoms with E-state index in [0.29, 0.717) is 12.0 Å². The van der Waals surface area contributed by atoms with Gasteiger partial charge in [-0.3, -0.25) is 0 Å². The molecule has 0 saturated heterocycles. The van der Waals surface area contributed by atoms with Crippen LogP contribution < -0.4 is 0 Å². The van der Waals surface area contributed by atoms with Gasteiger partial charge in [-0.25, -0.2) is 0 Å². The topological polar surface area (TPSA) is 23.5 Å². The molecular weight excluding hydrogens is 258 g/mol. The fourth-order valence-electron chi connectivity index (χ4n) is 3.26. The highest BCUT2D eigenvalue weighted by Crippen LogP contribution is 2.36. The summed E-state index contributed by atoms with van der Waals surface area (Å²) in [6.07, 6.45) is 5.63. The van der Waals surface area contributed by atoms with E-state index in [1.165, 1.54) is 24.8 Å². The normalized spacial score (nSPS) is 25.5. The summed E-state index contributed by atoms with van der Waals surface area (Å²) in [5.74, 6) is 0.366. The zero-order chi connectivity index (χ0) is 13.0. The first kappa shape index (κ1) is 16.5. The van der Waals surface area contributed by atoms with E-state index in [4.69, 9.17) is 0 Å². The minimum atomic E-state index is -0.153. The molecule has 1 saturated carbocycles. The van der Waals surface area contributed by atoms with Crippen LogP contribution in [0.3, 0.4) is 0 Å². The average Bonchev–Trinajstić information content (AvgIpc) is 2.56. The Kier molecular flexibility index (Phi) is 6.84. The molecule has 1 N–H and O–H groups in total. The number of aliphatic hydroxyl groups is 1. The Bertz CT molecular complexity index is 355. The third kappa shape index (κ3) is 4.20. The van der Waals surface area contributed by atoms with Gasteiger partial charge in [0.25, 0.3) is 0 Å². The molecule has 1 aliphatic carbocycles. The van der Waals surface area contributed by atoms with Crippen molar-refractivity contribution >= 4 is 12.4 Å². The van der Waals surface area contributed by atoms with Crippen LogP contribution in [0.5, 0.6) is 0 Å². The van der Waals surface area contributed by atoms with Gasteiger partial charge in [-0.15, -0.1) is 12.4 Å². The lowest BCUT2D eigenvalue weighted by atomic mass is 9.84. The van der Waals surface area contributed by atoms with Crippen molar-refractivity contribution in [2.24, 2.45) is 5.92 Å². The number of hydrogen-bond acceptors (Lipinski definition) is 2. The van der Waals surface area contributed by atoms with Crippen LogP contribution >= 0.6 is 12.4 Å². The van der Waals surface area contributed by atoms with Crippen LogP contribution in [0.2, 0.25) is 0 Å². The molecule has 0 aliphatic heterocycles. The summed E-state index contributed by atoms with van der Waals surface area (Å²) >= 11 is 0. The molecule has 3 heteroatoms. The number of benzene rings is 1. The molecular formula is C16H26ClNO. The van der Waals surface area contributed by atoms with Gasteiger partial charge in [-0.2, -0.15) is 0 Å². The van der Waals surface area contributed by atoms with E-state index in [2.05, 4.69) is 49.3 Å². The highest BCUT2D eigenvalue weighted by molar-refractivity contribution is 5.85. The van der Waals surface area contributed by atoms with Crippen LogP contribution in [0.15, 0.2) is 30.3 Å². The summed E-state index contributed by atoms with van der Waals surface area (Å²) < 4.78 is 0. The molecule has 0 spiro atoms. The summed E-state index contributed by atoms with van der Waals surface area (Å²) in [7, 11) is 4.24. The second-order valence-electron chi connectivity index (χ2n) is 5.69. The maximum absolute atomic E-state index is 10.4.